The zero-order valence-electron chi connectivity index (χ0n) is 4.45. The second kappa shape index (κ2) is 2.31. The van der Waals surface area contributed by atoms with E-state index in [1.54, 1.807) is 0 Å². The van der Waals surface area contributed by atoms with Gasteiger partial charge in [0.2, 0.25) is 0 Å². The fourth-order valence-corrected chi connectivity index (χ4v) is 1.47. The molecule has 1 saturated heterocycles. The van der Waals surface area contributed by atoms with Crippen LogP contribution in [0.3, 0.4) is 0 Å². The van der Waals surface area contributed by atoms with Gasteiger partial charge in [-0.3, -0.25) is 0 Å². The van der Waals surface area contributed by atoms with Crippen molar-refractivity contribution < 1.29 is 0 Å². The summed E-state index contributed by atoms with van der Waals surface area (Å²) in [5.41, 5.74) is 0. The molecule has 1 N–H and O–H groups in total. The van der Waals surface area contributed by atoms with Crippen molar-refractivity contribution >= 4 is 22.6 Å². The third-order valence-corrected chi connectivity index (χ3v) is 3.11. The molecular formula is C5H10IN. The molecule has 0 aliphatic carbocycles. The lowest BCUT2D eigenvalue weighted by atomic mass is 10.2. The first kappa shape index (κ1) is 5.82. The van der Waals surface area contributed by atoms with Crippen molar-refractivity contribution in [1.29, 1.82) is 0 Å². The van der Waals surface area contributed by atoms with E-state index in [0.29, 0.717) is 0 Å². The average Bonchev–Trinajstić information content (AvgIpc) is 1.91. The first-order chi connectivity index (χ1) is 3.30. The minimum atomic E-state index is 0.734. The number of rotatable bonds is 0. The normalized spacial score (nSPS) is 42.0. The van der Waals surface area contributed by atoms with E-state index < -0.39 is 0 Å². The fourth-order valence-electron chi connectivity index (χ4n) is 0.796. The molecule has 0 spiro atoms. The van der Waals surface area contributed by atoms with Gasteiger partial charge in [-0.25, -0.2) is 0 Å². The van der Waals surface area contributed by atoms with E-state index in [1.165, 1.54) is 13.0 Å². The van der Waals surface area contributed by atoms with Crippen molar-refractivity contribution in [2.75, 3.05) is 6.54 Å². The molecule has 1 fully saturated rings. The van der Waals surface area contributed by atoms with Crippen LogP contribution in [0.5, 0.6) is 0 Å². The van der Waals surface area contributed by atoms with Gasteiger partial charge in [0.25, 0.3) is 0 Å². The highest BCUT2D eigenvalue weighted by Crippen LogP contribution is 2.18. The fraction of sp³-hybridized carbons (Fsp3) is 1.00. The van der Waals surface area contributed by atoms with E-state index in [-0.39, 0.29) is 0 Å². The molecular weight excluding hydrogens is 201 g/mol. The number of halogens is 1. The monoisotopic (exact) mass is 211 g/mol. The van der Waals surface area contributed by atoms with Crippen LogP contribution in [0.25, 0.3) is 0 Å². The van der Waals surface area contributed by atoms with Crippen molar-refractivity contribution in [3.63, 3.8) is 0 Å². The Bertz CT molecular complexity index is 57.1. The molecule has 2 atom stereocenters. The average molecular weight is 211 g/mol. The van der Waals surface area contributed by atoms with Crippen LogP contribution in [0.2, 0.25) is 0 Å². The third-order valence-electron chi connectivity index (χ3n) is 1.44. The van der Waals surface area contributed by atoms with Crippen LogP contribution in [0.4, 0.5) is 0 Å². The second-order valence-corrected chi connectivity index (χ2v) is 3.46. The summed E-state index contributed by atoms with van der Waals surface area (Å²) in [7, 11) is 0. The van der Waals surface area contributed by atoms with Crippen molar-refractivity contribution in [3.05, 3.63) is 0 Å². The summed E-state index contributed by atoms with van der Waals surface area (Å²) >= 11 is 2.45. The maximum Gasteiger partial charge on any atom is 0.0620 e. The zero-order valence-corrected chi connectivity index (χ0v) is 6.60. The summed E-state index contributed by atoms with van der Waals surface area (Å²) in [5, 5.41) is 3.36. The van der Waals surface area contributed by atoms with Gasteiger partial charge in [0.15, 0.2) is 0 Å². The quantitative estimate of drug-likeness (QED) is 0.362. The molecule has 42 valence electrons. The maximum atomic E-state index is 3.36. The Morgan fingerprint density at radius 2 is 2.43 bits per heavy atom. The van der Waals surface area contributed by atoms with Gasteiger partial charge in [-0.2, -0.15) is 0 Å². The first-order valence-electron chi connectivity index (χ1n) is 2.68. The summed E-state index contributed by atoms with van der Waals surface area (Å²) in [6, 6.07) is 0. The Balaban J connectivity index is 2.33. The minimum absolute atomic E-state index is 0.734. The molecule has 1 rings (SSSR count). The maximum absolute atomic E-state index is 3.36. The minimum Gasteiger partial charge on any atom is -0.305 e. The molecule has 0 amide bonds. The van der Waals surface area contributed by atoms with Gasteiger partial charge in [-0.1, -0.05) is 29.5 Å². The molecule has 1 heterocycles. The highest BCUT2D eigenvalue weighted by atomic mass is 127. The van der Waals surface area contributed by atoms with E-state index in [0.717, 1.165) is 9.97 Å². The molecule has 1 aliphatic rings. The SMILES string of the molecule is CC1CCNC1I. The number of nitrogens with one attached hydrogen (secondary N) is 1. The molecule has 0 aromatic carbocycles. The summed E-state index contributed by atoms with van der Waals surface area (Å²) in [6.45, 7) is 3.51. The van der Waals surface area contributed by atoms with Crippen LogP contribution in [-0.2, 0) is 0 Å². The highest BCUT2D eigenvalue weighted by Gasteiger charge is 2.18. The van der Waals surface area contributed by atoms with Crippen LogP contribution in [0.15, 0.2) is 0 Å². The first-order valence-corrected chi connectivity index (χ1v) is 3.93. The van der Waals surface area contributed by atoms with Crippen LogP contribution in [-0.4, -0.2) is 10.6 Å². The molecule has 0 aromatic rings. The summed E-state index contributed by atoms with van der Waals surface area (Å²) in [6.07, 6.45) is 1.35. The second-order valence-electron chi connectivity index (χ2n) is 2.12. The third kappa shape index (κ3) is 1.29. The van der Waals surface area contributed by atoms with Gasteiger partial charge >= 0.3 is 0 Å². The van der Waals surface area contributed by atoms with Gasteiger partial charge in [0.05, 0.1) is 4.05 Å². The van der Waals surface area contributed by atoms with Gasteiger partial charge in [0, 0.05) is 0 Å². The number of hydrogen-bond acceptors (Lipinski definition) is 1. The molecule has 2 unspecified atom stereocenters. The van der Waals surface area contributed by atoms with Crippen LogP contribution >= 0.6 is 22.6 Å². The molecule has 0 saturated carbocycles. The van der Waals surface area contributed by atoms with Crippen molar-refractivity contribution in [2.45, 2.75) is 17.4 Å². The molecule has 7 heavy (non-hydrogen) atoms. The van der Waals surface area contributed by atoms with E-state index in [2.05, 4.69) is 34.8 Å². The predicted octanol–water partition coefficient (Wildman–Crippen LogP) is 1.38. The van der Waals surface area contributed by atoms with E-state index in [4.69, 9.17) is 0 Å². The number of hydrogen-bond donors (Lipinski definition) is 1. The number of alkyl halides is 1. The lowest BCUT2D eigenvalue weighted by Crippen LogP contribution is -2.17. The van der Waals surface area contributed by atoms with Gasteiger partial charge in [0.1, 0.15) is 0 Å². The smallest absolute Gasteiger partial charge is 0.0620 e. The molecule has 0 bridgehead atoms. The lowest BCUT2D eigenvalue weighted by molar-refractivity contribution is 0.632. The van der Waals surface area contributed by atoms with E-state index in [9.17, 15) is 0 Å². The molecule has 0 aromatic heterocycles. The Morgan fingerprint density at radius 3 is 2.57 bits per heavy atom. The van der Waals surface area contributed by atoms with E-state index >= 15 is 0 Å². The predicted molar refractivity (Wildman–Crippen MR) is 39.6 cm³/mol. The summed E-state index contributed by atoms with van der Waals surface area (Å²) in [5.74, 6) is 0.889. The standard InChI is InChI=1S/C5H10IN/c1-4-2-3-7-5(4)6/h4-5,7H,2-3H2,1H3. The Labute approximate surface area is 58.0 Å². The molecule has 1 nitrogen and oxygen atoms in total. The van der Waals surface area contributed by atoms with Crippen molar-refractivity contribution in [2.24, 2.45) is 5.92 Å². The lowest BCUT2D eigenvalue weighted by Gasteiger charge is -2.03. The Kier molecular flexibility index (Phi) is 1.92. The molecule has 2 heteroatoms. The summed E-state index contributed by atoms with van der Waals surface area (Å²) < 4.78 is 0.734. The summed E-state index contributed by atoms with van der Waals surface area (Å²) in [4.78, 5) is 0. The molecule has 0 radical (unpaired) electrons. The zero-order chi connectivity index (χ0) is 5.28. The van der Waals surface area contributed by atoms with E-state index in [1.807, 2.05) is 0 Å². The van der Waals surface area contributed by atoms with Crippen molar-refractivity contribution in [3.8, 4) is 0 Å². The largest absolute Gasteiger partial charge is 0.305 e. The van der Waals surface area contributed by atoms with Crippen LogP contribution in [0.1, 0.15) is 13.3 Å². The van der Waals surface area contributed by atoms with Gasteiger partial charge in [-0.15, -0.1) is 0 Å². The topological polar surface area (TPSA) is 12.0 Å². The van der Waals surface area contributed by atoms with Crippen LogP contribution in [0, 0.1) is 5.92 Å². The Hall–Kier alpha value is 0.690. The Morgan fingerprint density at radius 1 is 1.71 bits per heavy atom. The van der Waals surface area contributed by atoms with Crippen molar-refractivity contribution in [1.82, 2.24) is 5.32 Å². The van der Waals surface area contributed by atoms with Gasteiger partial charge in [-0.05, 0) is 18.9 Å². The highest BCUT2D eigenvalue weighted by molar-refractivity contribution is 14.1. The van der Waals surface area contributed by atoms with Gasteiger partial charge < -0.3 is 5.32 Å². The van der Waals surface area contributed by atoms with Crippen LogP contribution < -0.4 is 5.32 Å². The molecule has 1 aliphatic heterocycles.